The minimum atomic E-state index is -0.498. The molecule has 0 saturated carbocycles. The van der Waals surface area contributed by atoms with Gasteiger partial charge in [0.25, 0.3) is 5.91 Å². The Balaban J connectivity index is 2.95. The second-order valence-electron chi connectivity index (χ2n) is 4.45. The summed E-state index contributed by atoms with van der Waals surface area (Å²) in [6.07, 6.45) is 2.91. The molecule has 4 N–H and O–H groups in total. The van der Waals surface area contributed by atoms with Crippen molar-refractivity contribution >= 4 is 11.6 Å². The molecule has 0 unspecified atom stereocenters. The van der Waals surface area contributed by atoms with Crippen molar-refractivity contribution in [3.8, 4) is 0 Å². The third-order valence-corrected chi connectivity index (χ3v) is 2.47. The van der Waals surface area contributed by atoms with Crippen LogP contribution in [0.25, 0.3) is 0 Å². The number of amides is 1. The fourth-order valence-electron chi connectivity index (χ4n) is 1.55. The van der Waals surface area contributed by atoms with Crippen LogP contribution in [-0.2, 0) is 4.79 Å². The topological polar surface area (TPSA) is 93.4 Å². The molecule has 1 atom stereocenters. The van der Waals surface area contributed by atoms with E-state index in [0.717, 1.165) is 5.57 Å². The lowest BCUT2D eigenvalue weighted by atomic mass is 10.1. The van der Waals surface area contributed by atoms with Crippen molar-refractivity contribution in [3.63, 3.8) is 0 Å². The Morgan fingerprint density at radius 3 is 2.56 bits per heavy atom. The highest BCUT2D eigenvalue weighted by Crippen LogP contribution is 2.22. The molecule has 0 fully saturated rings. The summed E-state index contributed by atoms with van der Waals surface area (Å²) < 4.78 is 0. The molecule has 1 heterocycles. The van der Waals surface area contributed by atoms with Crippen LogP contribution in [-0.4, -0.2) is 27.9 Å². The van der Waals surface area contributed by atoms with Crippen LogP contribution in [0.5, 0.6) is 0 Å². The molecule has 1 aliphatic heterocycles. The van der Waals surface area contributed by atoms with Crippen molar-refractivity contribution < 1.29 is 15.0 Å². The molecule has 0 aromatic heterocycles. The number of carbonyl (C=O) groups is 1. The number of carbonyl (C=O) groups excluding carboxylic acids is 1. The predicted octanol–water partition coefficient (Wildman–Crippen LogP) is 1.57. The molecule has 0 radical (unpaired) electrons. The first-order valence-corrected chi connectivity index (χ1v) is 5.70. The van der Waals surface area contributed by atoms with Gasteiger partial charge in [-0.3, -0.25) is 10.2 Å². The summed E-state index contributed by atoms with van der Waals surface area (Å²) >= 11 is 0. The van der Waals surface area contributed by atoms with Gasteiger partial charge in [-0.05, 0) is 38.8 Å². The third-order valence-electron chi connectivity index (χ3n) is 2.47. The Kier molecular flexibility index (Phi) is 4.44. The van der Waals surface area contributed by atoms with E-state index in [1.54, 1.807) is 26.8 Å². The van der Waals surface area contributed by atoms with Gasteiger partial charge in [0.2, 0.25) is 0 Å². The Morgan fingerprint density at radius 1 is 1.50 bits per heavy atom. The maximum absolute atomic E-state index is 11.7. The molecule has 0 saturated heterocycles. The first kappa shape index (κ1) is 14.2. The quantitative estimate of drug-likeness (QED) is 0.570. The highest BCUT2D eigenvalue weighted by Gasteiger charge is 2.29. The molecule has 98 valence electrons. The zero-order valence-electron chi connectivity index (χ0n) is 10.7. The smallest absolute Gasteiger partial charge is 0.261 e. The average molecular weight is 250 g/mol. The molecule has 5 heteroatoms. The van der Waals surface area contributed by atoms with E-state index < -0.39 is 12.0 Å². The first-order chi connectivity index (χ1) is 8.34. The number of aliphatic hydroxyl groups excluding tert-OH is 2. The van der Waals surface area contributed by atoms with Gasteiger partial charge >= 0.3 is 0 Å². The van der Waals surface area contributed by atoms with Crippen LogP contribution >= 0.6 is 0 Å². The Bertz CT molecular complexity index is 467. The van der Waals surface area contributed by atoms with Crippen LogP contribution in [0.1, 0.15) is 27.2 Å². The van der Waals surface area contributed by atoms with Crippen LogP contribution in [0.4, 0.5) is 0 Å². The molecule has 1 amide bonds. The summed E-state index contributed by atoms with van der Waals surface area (Å²) in [6, 6.07) is 0. The van der Waals surface area contributed by atoms with Gasteiger partial charge in [-0.15, -0.1) is 0 Å². The summed E-state index contributed by atoms with van der Waals surface area (Å²) in [5.74, 6) is -0.665. The van der Waals surface area contributed by atoms with E-state index in [1.807, 2.05) is 0 Å². The monoisotopic (exact) mass is 250 g/mol. The van der Waals surface area contributed by atoms with Crippen LogP contribution < -0.4 is 5.32 Å². The summed E-state index contributed by atoms with van der Waals surface area (Å²) in [5.41, 5.74) is 1.04. The maximum Gasteiger partial charge on any atom is 0.261 e. The Hall–Kier alpha value is -1.88. The molecule has 0 aliphatic carbocycles. The minimum absolute atomic E-state index is 0.0342. The lowest BCUT2D eigenvalue weighted by Crippen LogP contribution is -2.19. The van der Waals surface area contributed by atoms with Crippen molar-refractivity contribution in [2.24, 2.45) is 0 Å². The molecule has 0 bridgehead atoms. The number of nitrogens with one attached hydrogen (secondary N) is 2. The van der Waals surface area contributed by atoms with E-state index in [1.165, 1.54) is 6.08 Å². The fourth-order valence-corrected chi connectivity index (χ4v) is 1.55. The largest absolute Gasteiger partial charge is 0.505 e. The molecule has 1 rings (SSSR count). The highest BCUT2D eigenvalue weighted by atomic mass is 16.3. The minimum Gasteiger partial charge on any atom is -0.505 e. The van der Waals surface area contributed by atoms with Crippen LogP contribution in [0.2, 0.25) is 0 Å². The van der Waals surface area contributed by atoms with E-state index in [0.29, 0.717) is 12.1 Å². The van der Waals surface area contributed by atoms with Crippen molar-refractivity contribution in [2.45, 2.75) is 33.3 Å². The van der Waals surface area contributed by atoms with Crippen molar-refractivity contribution in [3.05, 3.63) is 34.8 Å². The molecule has 18 heavy (non-hydrogen) atoms. The normalized spacial score (nSPS) is 17.3. The molecule has 0 spiro atoms. The van der Waals surface area contributed by atoms with E-state index in [9.17, 15) is 9.90 Å². The second kappa shape index (κ2) is 5.64. The van der Waals surface area contributed by atoms with Gasteiger partial charge < -0.3 is 15.5 Å². The number of hydrogen-bond acceptors (Lipinski definition) is 4. The van der Waals surface area contributed by atoms with Gasteiger partial charge in [0, 0.05) is 0 Å². The number of allylic oxidation sites excluding steroid dienone is 2. The summed E-state index contributed by atoms with van der Waals surface area (Å²) in [5, 5.41) is 29.2. The Labute approximate surface area is 106 Å². The zero-order valence-corrected chi connectivity index (χ0v) is 10.7. The molecular weight excluding hydrogens is 232 g/mol. The van der Waals surface area contributed by atoms with Crippen LogP contribution in [0.15, 0.2) is 34.8 Å². The molecular formula is C13H18N2O3. The zero-order chi connectivity index (χ0) is 13.9. The average Bonchev–Trinajstić information content (AvgIpc) is 2.53. The van der Waals surface area contributed by atoms with E-state index in [2.05, 4.69) is 5.32 Å². The van der Waals surface area contributed by atoms with Gasteiger partial charge in [0.15, 0.2) is 5.76 Å². The van der Waals surface area contributed by atoms with Gasteiger partial charge in [-0.2, -0.15) is 0 Å². The van der Waals surface area contributed by atoms with Gasteiger partial charge in [0.1, 0.15) is 5.57 Å². The summed E-state index contributed by atoms with van der Waals surface area (Å²) in [4.78, 5) is 11.7. The van der Waals surface area contributed by atoms with E-state index in [4.69, 9.17) is 10.5 Å². The van der Waals surface area contributed by atoms with Gasteiger partial charge in [-0.1, -0.05) is 6.08 Å². The van der Waals surface area contributed by atoms with Crippen LogP contribution in [0, 0.1) is 5.41 Å². The first-order valence-electron chi connectivity index (χ1n) is 5.70. The molecule has 5 nitrogen and oxygen atoms in total. The molecule has 0 aromatic carbocycles. The standard InChI is InChI=1S/C13H18N2O3/c1-7(2)11-12(17)10(13(18)15-11)9(14)6-4-5-8(3)16/h4,6,8,14,16-17H,5H2,1-3H3,(H,15,18)/b6-4+,14-9?/t8-/m0/s1. The third kappa shape index (κ3) is 3.07. The number of aliphatic hydroxyl groups is 2. The van der Waals surface area contributed by atoms with E-state index >= 15 is 0 Å². The SMILES string of the molecule is CC(C)=C1NC(=O)C(C(=N)/C=C/C[C@H](C)O)=C1O. The number of rotatable bonds is 4. The van der Waals surface area contributed by atoms with Crippen molar-refractivity contribution in [1.29, 1.82) is 5.41 Å². The van der Waals surface area contributed by atoms with Crippen molar-refractivity contribution in [1.82, 2.24) is 5.32 Å². The second-order valence-corrected chi connectivity index (χ2v) is 4.45. The fraction of sp³-hybridized carbons (Fsp3) is 0.385. The maximum atomic E-state index is 11.7. The van der Waals surface area contributed by atoms with Crippen molar-refractivity contribution in [2.75, 3.05) is 0 Å². The highest BCUT2D eigenvalue weighted by molar-refractivity contribution is 6.27. The molecule has 1 aliphatic rings. The van der Waals surface area contributed by atoms with Gasteiger partial charge in [-0.25, -0.2) is 0 Å². The number of hydrogen-bond donors (Lipinski definition) is 4. The lowest BCUT2D eigenvalue weighted by molar-refractivity contribution is -0.115. The summed E-state index contributed by atoms with van der Waals surface area (Å²) in [7, 11) is 0. The predicted molar refractivity (Wildman–Crippen MR) is 69.3 cm³/mol. The summed E-state index contributed by atoms with van der Waals surface area (Å²) in [6.45, 7) is 5.16. The molecule has 0 aromatic rings. The Morgan fingerprint density at radius 2 is 2.11 bits per heavy atom. The lowest BCUT2D eigenvalue weighted by Gasteiger charge is -2.00. The van der Waals surface area contributed by atoms with Gasteiger partial charge in [0.05, 0.1) is 17.5 Å². The van der Waals surface area contributed by atoms with Crippen LogP contribution in [0.3, 0.4) is 0 Å². The van der Waals surface area contributed by atoms with E-state index in [-0.39, 0.29) is 17.0 Å².